The summed E-state index contributed by atoms with van der Waals surface area (Å²) in [5, 5.41) is 1.61. The van der Waals surface area contributed by atoms with E-state index < -0.39 is 16.4 Å². The molecule has 88 valence electrons. The molecule has 0 atom stereocenters. The molecule has 0 aromatic heterocycles. The summed E-state index contributed by atoms with van der Waals surface area (Å²) in [6, 6.07) is 11.9. The van der Waals surface area contributed by atoms with Crippen molar-refractivity contribution in [2.45, 2.75) is 44.7 Å². The normalized spacial score (nSPS) is 19.0. The van der Waals surface area contributed by atoms with E-state index in [2.05, 4.69) is 50.5 Å². The molecule has 1 aromatic carbocycles. The third kappa shape index (κ3) is 2.58. The lowest BCUT2D eigenvalue weighted by molar-refractivity contribution is 0.558. The Kier molecular flexibility index (Phi) is 3.01. The summed E-state index contributed by atoms with van der Waals surface area (Å²) in [4.78, 5) is 0. The molecule has 0 saturated carbocycles. The van der Waals surface area contributed by atoms with E-state index >= 15 is 0 Å². The van der Waals surface area contributed by atoms with E-state index in [1.807, 2.05) is 0 Å². The zero-order valence-electron chi connectivity index (χ0n) is 10.8. The topological polar surface area (TPSA) is 9.23 Å². The molecule has 1 saturated heterocycles. The van der Waals surface area contributed by atoms with Gasteiger partial charge in [-0.1, -0.05) is 42.4 Å². The number of hydrogen-bond acceptors (Lipinski definition) is 1. The van der Waals surface area contributed by atoms with E-state index in [9.17, 15) is 0 Å². The fourth-order valence-corrected chi connectivity index (χ4v) is 6.08. The van der Waals surface area contributed by atoms with E-state index in [1.54, 1.807) is 5.19 Å². The van der Waals surface area contributed by atoms with E-state index in [-0.39, 0.29) is 0 Å². The van der Waals surface area contributed by atoms with Crippen LogP contribution in [0.4, 0.5) is 0 Å². The van der Waals surface area contributed by atoms with Crippen LogP contribution in [0.25, 0.3) is 0 Å². The molecular weight excluding hydrogens is 228 g/mol. The number of rotatable bonds is 3. The Morgan fingerprint density at radius 3 is 2.00 bits per heavy atom. The summed E-state index contributed by atoms with van der Waals surface area (Å²) in [5.74, 6) is 1.06. The summed E-state index contributed by atoms with van der Waals surface area (Å²) in [6.07, 6.45) is 1.44. The van der Waals surface area contributed by atoms with Gasteiger partial charge in [-0.3, -0.25) is 0 Å². The van der Waals surface area contributed by atoms with Crippen molar-refractivity contribution < 1.29 is 4.43 Å². The highest BCUT2D eigenvalue weighted by molar-refractivity contribution is 6.92. The first kappa shape index (κ1) is 11.9. The second-order valence-electron chi connectivity index (χ2n) is 6.15. The SMILES string of the molecule is C[Si](C)(C)Oc1ccc([Si]2(C)CCC2)cc1. The lowest BCUT2D eigenvalue weighted by atomic mass is 10.3. The fourth-order valence-electron chi connectivity index (χ4n) is 2.27. The van der Waals surface area contributed by atoms with Gasteiger partial charge in [0.15, 0.2) is 0 Å². The minimum Gasteiger partial charge on any atom is -0.544 e. The Morgan fingerprint density at radius 2 is 1.62 bits per heavy atom. The fraction of sp³-hybridized carbons (Fsp3) is 0.538. The first-order valence-corrected chi connectivity index (χ1v) is 12.5. The highest BCUT2D eigenvalue weighted by Crippen LogP contribution is 2.32. The molecular formula is C13H22OSi2. The molecule has 0 radical (unpaired) electrons. The van der Waals surface area contributed by atoms with Crippen molar-refractivity contribution in [2.75, 3.05) is 0 Å². The van der Waals surface area contributed by atoms with Crippen molar-refractivity contribution in [2.24, 2.45) is 0 Å². The molecule has 2 rings (SSSR count). The van der Waals surface area contributed by atoms with Crippen LogP contribution in [0.2, 0.25) is 38.3 Å². The average molecular weight is 250 g/mol. The van der Waals surface area contributed by atoms with Gasteiger partial charge in [-0.05, 0) is 31.8 Å². The van der Waals surface area contributed by atoms with Crippen molar-refractivity contribution in [3.8, 4) is 5.75 Å². The second kappa shape index (κ2) is 4.04. The van der Waals surface area contributed by atoms with Gasteiger partial charge in [0.1, 0.15) is 5.75 Å². The molecule has 1 aliphatic heterocycles. The van der Waals surface area contributed by atoms with Gasteiger partial charge in [-0.2, -0.15) is 0 Å². The molecule has 0 spiro atoms. The van der Waals surface area contributed by atoms with E-state index in [0.29, 0.717) is 0 Å². The Labute approximate surface area is 101 Å². The molecule has 0 bridgehead atoms. The average Bonchev–Trinajstić information content (AvgIpc) is 2.13. The van der Waals surface area contributed by atoms with Crippen molar-refractivity contribution >= 4 is 21.6 Å². The van der Waals surface area contributed by atoms with Gasteiger partial charge < -0.3 is 4.43 Å². The summed E-state index contributed by atoms with van der Waals surface area (Å²) in [5.41, 5.74) is 0. The molecule has 1 fully saturated rings. The molecule has 0 amide bonds. The van der Waals surface area contributed by atoms with Gasteiger partial charge in [-0.15, -0.1) is 0 Å². The van der Waals surface area contributed by atoms with Crippen molar-refractivity contribution in [3.05, 3.63) is 24.3 Å². The van der Waals surface area contributed by atoms with Crippen molar-refractivity contribution in [1.82, 2.24) is 0 Å². The van der Waals surface area contributed by atoms with Crippen LogP contribution in [0.15, 0.2) is 24.3 Å². The monoisotopic (exact) mass is 250 g/mol. The highest BCUT2D eigenvalue weighted by Gasteiger charge is 2.35. The molecule has 1 heterocycles. The van der Waals surface area contributed by atoms with Gasteiger partial charge in [0.05, 0.1) is 8.07 Å². The molecule has 1 nitrogen and oxygen atoms in total. The maximum Gasteiger partial charge on any atom is 0.242 e. The smallest absolute Gasteiger partial charge is 0.242 e. The van der Waals surface area contributed by atoms with Crippen LogP contribution in [0.5, 0.6) is 5.75 Å². The van der Waals surface area contributed by atoms with Crippen LogP contribution < -0.4 is 9.61 Å². The first-order chi connectivity index (χ1) is 7.39. The summed E-state index contributed by atoms with van der Waals surface area (Å²) >= 11 is 0. The zero-order chi connectivity index (χ0) is 11.8. The Balaban J connectivity index is 2.10. The van der Waals surface area contributed by atoms with Crippen molar-refractivity contribution in [1.29, 1.82) is 0 Å². The predicted molar refractivity (Wildman–Crippen MR) is 75.9 cm³/mol. The molecule has 0 unspecified atom stereocenters. The van der Waals surface area contributed by atoms with Crippen LogP contribution in [0, 0.1) is 0 Å². The zero-order valence-corrected chi connectivity index (χ0v) is 12.8. The van der Waals surface area contributed by atoms with Crippen LogP contribution in [-0.4, -0.2) is 16.4 Å². The lowest BCUT2D eigenvalue weighted by Gasteiger charge is -2.36. The first-order valence-electron chi connectivity index (χ1n) is 6.19. The van der Waals surface area contributed by atoms with Gasteiger partial charge in [0, 0.05) is 0 Å². The van der Waals surface area contributed by atoms with Gasteiger partial charge >= 0.3 is 0 Å². The summed E-state index contributed by atoms with van der Waals surface area (Å²) in [7, 11) is -2.44. The maximum atomic E-state index is 5.98. The standard InChI is InChI=1S/C13H22OSi2/c1-15(2,3)14-12-6-8-13(9-7-12)16(4)10-5-11-16/h6-9H,5,10-11H2,1-4H3. The van der Waals surface area contributed by atoms with Crippen LogP contribution in [0.1, 0.15) is 6.42 Å². The number of benzene rings is 1. The molecule has 16 heavy (non-hydrogen) atoms. The van der Waals surface area contributed by atoms with Gasteiger partial charge in [0.2, 0.25) is 8.32 Å². The number of hydrogen-bond donors (Lipinski definition) is 0. The van der Waals surface area contributed by atoms with Crippen LogP contribution in [0.3, 0.4) is 0 Å². The summed E-state index contributed by atoms with van der Waals surface area (Å²) < 4.78 is 5.98. The molecule has 3 heteroatoms. The quantitative estimate of drug-likeness (QED) is 0.745. The largest absolute Gasteiger partial charge is 0.544 e. The highest BCUT2D eigenvalue weighted by atomic mass is 28.4. The predicted octanol–water partition coefficient (Wildman–Crippen LogP) is 3.59. The molecule has 0 aliphatic carbocycles. The van der Waals surface area contributed by atoms with E-state index in [1.165, 1.54) is 18.5 Å². The molecule has 1 aliphatic rings. The molecule has 0 N–H and O–H groups in total. The summed E-state index contributed by atoms with van der Waals surface area (Å²) in [6.45, 7) is 9.18. The third-order valence-electron chi connectivity index (χ3n) is 3.43. The van der Waals surface area contributed by atoms with Crippen LogP contribution in [-0.2, 0) is 0 Å². The minimum absolute atomic E-state index is 0.999. The Hall–Kier alpha value is -0.546. The van der Waals surface area contributed by atoms with E-state index in [4.69, 9.17) is 4.43 Å². The molecule has 1 aromatic rings. The maximum absolute atomic E-state index is 5.98. The van der Waals surface area contributed by atoms with Crippen molar-refractivity contribution in [3.63, 3.8) is 0 Å². The minimum atomic E-state index is -1.44. The van der Waals surface area contributed by atoms with Gasteiger partial charge in [0.25, 0.3) is 0 Å². The third-order valence-corrected chi connectivity index (χ3v) is 8.92. The Morgan fingerprint density at radius 1 is 1.06 bits per heavy atom. The second-order valence-corrected chi connectivity index (χ2v) is 15.3. The van der Waals surface area contributed by atoms with Gasteiger partial charge in [-0.25, -0.2) is 0 Å². The van der Waals surface area contributed by atoms with Crippen LogP contribution >= 0.6 is 0 Å². The van der Waals surface area contributed by atoms with E-state index in [0.717, 1.165) is 5.75 Å². The Bertz CT molecular complexity index is 361. The lowest BCUT2D eigenvalue weighted by Crippen LogP contribution is -2.50.